The Bertz CT molecular complexity index is 638. The molecule has 2 rings (SSSR count). The van der Waals surface area contributed by atoms with E-state index >= 15 is 0 Å². The fourth-order valence-electron chi connectivity index (χ4n) is 2.27. The molecule has 1 aromatic heterocycles. The van der Waals surface area contributed by atoms with Gasteiger partial charge < -0.3 is 4.74 Å². The molecule has 0 aliphatic heterocycles. The molecule has 2 nitrogen and oxygen atoms in total. The van der Waals surface area contributed by atoms with E-state index in [1.165, 1.54) is 40.7 Å². The first-order chi connectivity index (χ1) is 11.2. The summed E-state index contributed by atoms with van der Waals surface area (Å²) in [5, 5.41) is 0. The molecule has 1 aromatic carbocycles. The summed E-state index contributed by atoms with van der Waals surface area (Å²) < 4.78 is 5.26. The first kappa shape index (κ1) is 17.5. The third-order valence-corrected chi connectivity index (χ3v) is 4.73. The Balaban J connectivity index is 1.96. The van der Waals surface area contributed by atoms with Crippen LogP contribution in [0.1, 0.15) is 44.4 Å². The molecule has 122 valence electrons. The van der Waals surface area contributed by atoms with Crippen molar-refractivity contribution in [2.45, 2.75) is 46.0 Å². The number of hydrogen-bond donors (Lipinski definition) is 0. The second-order valence-corrected chi connectivity index (χ2v) is 6.65. The SMILES string of the molecule is CC/C=C/C(=O)Oc1ccc(-c2ccc(CCCCC)s2)cc1. The lowest BCUT2D eigenvalue weighted by Gasteiger charge is -2.03. The minimum absolute atomic E-state index is 0.325. The average molecular weight is 328 g/mol. The van der Waals surface area contributed by atoms with Gasteiger partial charge in [0.05, 0.1) is 0 Å². The van der Waals surface area contributed by atoms with E-state index in [0.717, 1.165) is 12.8 Å². The molecule has 0 bridgehead atoms. The average Bonchev–Trinajstić information content (AvgIpc) is 3.03. The predicted octanol–water partition coefficient (Wildman–Crippen LogP) is 6.02. The number of ether oxygens (including phenoxy) is 1. The molecule has 1 heterocycles. The monoisotopic (exact) mass is 328 g/mol. The van der Waals surface area contributed by atoms with Crippen LogP contribution in [0.4, 0.5) is 0 Å². The van der Waals surface area contributed by atoms with Crippen LogP contribution < -0.4 is 4.74 Å². The molecule has 0 saturated carbocycles. The van der Waals surface area contributed by atoms with Gasteiger partial charge in [0.1, 0.15) is 5.75 Å². The minimum atomic E-state index is -0.325. The molecule has 23 heavy (non-hydrogen) atoms. The summed E-state index contributed by atoms with van der Waals surface area (Å²) >= 11 is 1.85. The van der Waals surface area contributed by atoms with Crippen molar-refractivity contribution in [3.63, 3.8) is 0 Å². The van der Waals surface area contributed by atoms with E-state index in [2.05, 4.69) is 19.1 Å². The van der Waals surface area contributed by atoms with Gasteiger partial charge in [-0.1, -0.05) is 32.8 Å². The summed E-state index contributed by atoms with van der Waals surface area (Å²) in [4.78, 5) is 14.3. The van der Waals surface area contributed by atoms with Gasteiger partial charge in [-0.25, -0.2) is 4.79 Å². The molecule has 0 atom stereocenters. The van der Waals surface area contributed by atoms with Crippen molar-refractivity contribution in [1.82, 2.24) is 0 Å². The van der Waals surface area contributed by atoms with E-state index in [9.17, 15) is 4.79 Å². The molecular weight excluding hydrogens is 304 g/mol. The lowest BCUT2D eigenvalue weighted by atomic mass is 10.1. The highest BCUT2D eigenvalue weighted by Gasteiger charge is 2.05. The second-order valence-electron chi connectivity index (χ2n) is 5.48. The van der Waals surface area contributed by atoms with E-state index in [4.69, 9.17) is 4.74 Å². The first-order valence-corrected chi connectivity index (χ1v) is 9.12. The lowest BCUT2D eigenvalue weighted by Crippen LogP contribution is -2.03. The summed E-state index contributed by atoms with van der Waals surface area (Å²) in [5.74, 6) is 0.258. The maximum Gasteiger partial charge on any atom is 0.335 e. The lowest BCUT2D eigenvalue weighted by molar-refractivity contribution is -0.129. The summed E-state index contributed by atoms with van der Waals surface area (Å²) in [6.07, 6.45) is 9.06. The van der Waals surface area contributed by atoms with Crippen molar-refractivity contribution in [3.8, 4) is 16.2 Å². The van der Waals surface area contributed by atoms with E-state index in [-0.39, 0.29) is 5.97 Å². The molecule has 0 N–H and O–H groups in total. The van der Waals surface area contributed by atoms with Crippen LogP contribution in [0.3, 0.4) is 0 Å². The molecule has 0 radical (unpaired) electrons. The molecule has 0 amide bonds. The second kappa shape index (κ2) is 9.31. The quantitative estimate of drug-likeness (QED) is 0.256. The molecule has 2 aromatic rings. The highest BCUT2D eigenvalue weighted by atomic mass is 32.1. The zero-order valence-electron chi connectivity index (χ0n) is 13.9. The maximum absolute atomic E-state index is 11.5. The number of thiophene rings is 1. The van der Waals surface area contributed by atoms with Crippen LogP contribution in [0.15, 0.2) is 48.6 Å². The van der Waals surface area contributed by atoms with Gasteiger partial charge in [-0.3, -0.25) is 0 Å². The number of carbonyl (C=O) groups excluding carboxylic acids is 1. The van der Waals surface area contributed by atoms with E-state index in [1.54, 1.807) is 6.08 Å². The standard InChI is InChI=1S/C20H24O2S/c1-3-5-7-8-18-14-15-19(23-18)16-10-12-17(13-11-16)22-20(21)9-6-4-2/h6,9-15H,3-5,7-8H2,1-2H3/b9-6+. The minimum Gasteiger partial charge on any atom is -0.423 e. The first-order valence-electron chi connectivity index (χ1n) is 8.30. The van der Waals surface area contributed by atoms with Crippen LogP contribution in [0.2, 0.25) is 0 Å². The molecule has 3 heteroatoms. The largest absolute Gasteiger partial charge is 0.423 e. The van der Waals surface area contributed by atoms with E-state index in [0.29, 0.717) is 5.75 Å². The van der Waals surface area contributed by atoms with Gasteiger partial charge in [0, 0.05) is 15.8 Å². The van der Waals surface area contributed by atoms with Gasteiger partial charge in [0.15, 0.2) is 0 Å². The van der Waals surface area contributed by atoms with Crippen LogP contribution in [0.5, 0.6) is 5.75 Å². The van der Waals surface area contributed by atoms with Crippen LogP contribution in [-0.2, 0) is 11.2 Å². The molecule has 0 aliphatic rings. The highest BCUT2D eigenvalue weighted by molar-refractivity contribution is 7.15. The highest BCUT2D eigenvalue weighted by Crippen LogP contribution is 2.30. The maximum atomic E-state index is 11.5. The summed E-state index contributed by atoms with van der Waals surface area (Å²) in [7, 11) is 0. The van der Waals surface area contributed by atoms with Crippen molar-refractivity contribution in [3.05, 3.63) is 53.4 Å². The molecular formula is C20H24O2S. The van der Waals surface area contributed by atoms with Gasteiger partial charge in [-0.15, -0.1) is 11.3 Å². The summed E-state index contributed by atoms with van der Waals surface area (Å²) in [5.41, 5.74) is 1.17. The van der Waals surface area contributed by atoms with Crippen LogP contribution in [0, 0.1) is 0 Å². The topological polar surface area (TPSA) is 26.3 Å². The van der Waals surface area contributed by atoms with Crippen LogP contribution >= 0.6 is 11.3 Å². The number of aryl methyl sites for hydroxylation is 1. The predicted molar refractivity (Wildman–Crippen MR) is 98.1 cm³/mol. The number of hydrogen-bond acceptors (Lipinski definition) is 3. The fourth-order valence-corrected chi connectivity index (χ4v) is 3.32. The van der Waals surface area contributed by atoms with Gasteiger partial charge in [-0.2, -0.15) is 0 Å². The fraction of sp³-hybridized carbons (Fsp3) is 0.350. The Morgan fingerprint density at radius 2 is 1.87 bits per heavy atom. The number of unbranched alkanes of at least 4 members (excludes halogenated alkanes) is 2. The molecule has 0 fully saturated rings. The van der Waals surface area contributed by atoms with Gasteiger partial charge in [0.25, 0.3) is 0 Å². The third-order valence-electron chi connectivity index (χ3n) is 3.54. The molecule has 0 unspecified atom stereocenters. The van der Waals surface area contributed by atoms with Crippen LogP contribution in [-0.4, -0.2) is 5.97 Å². The zero-order valence-corrected chi connectivity index (χ0v) is 14.7. The van der Waals surface area contributed by atoms with E-state index < -0.39 is 0 Å². The third kappa shape index (κ3) is 5.68. The smallest absolute Gasteiger partial charge is 0.335 e. The van der Waals surface area contributed by atoms with E-state index in [1.807, 2.05) is 42.5 Å². The number of allylic oxidation sites excluding steroid dienone is 1. The molecule has 0 aliphatic carbocycles. The Kier molecular flexibility index (Phi) is 7.08. The summed E-state index contributed by atoms with van der Waals surface area (Å²) in [6, 6.07) is 12.1. The van der Waals surface area contributed by atoms with Crippen molar-refractivity contribution < 1.29 is 9.53 Å². The van der Waals surface area contributed by atoms with Crippen molar-refractivity contribution >= 4 is 17.3 Å². The number of carbonyl (C=O) groups is 1. The van der Waals surface area contributed by atoms with Crippen molar-refractivity contribution in [1.29, 1.82) is 0 Å². The van der Waals surface area contributed by atoms with Gasteiger partial charge >= 0.3 is 5.97 Å². The number of benzene rings is 1. The molecule has 0 spiro atoms. The number of rotatable bonds is 8. The van der Waals surface area contributed by atoms with Crippen molar-refractivity contribution in [2.24, 2.45) is 0 Å². The van der Waals surface area contributed by atoms with Crippen molar-refractivity contribution in [2.75, 3.05) is 0 Å². The Labute approximate surface area is 142 Å². The zero-order chi connectivity index (χ0) is 16.5. The summed E-state index contributed by atoms with van der Waals surface area (Å²) in [6.45, 7) is 4.21. The Morgan fingerprint density at radius 1 is 1.09 bits per heavy atom. The Hall–Kier alpha value is -1.87. The Morgan fingerprint density at radius 3 is 2.57 bits per heavy atom. The number of esters is 1. The molecule has 0 saturated heterocycles. The van der Waals surface area contributed by atoms with Gasteiger partial charge in [0.2, 0.25) is 0 Å². The van der Waals surface area contributed by atoms with Gasteiger partial charge in [-0.05, 0) is 61.2 Å². The van der Waals surface area contributed by atoms with Crippen LogP contribution in [0.25, 0.3) is 10.4 Å². The normalized spacial score (nSPS) is 11.0.